The van der Waals surface area contributed by atoms with Gasteiger partial charge in [-0.15, -0.1) is 0 Å². The van der Waals surface area contributed by atoms with Crippen molar-refractivity contribution in [1.82, 2.24) is 10.2 Å². The number of hydrogen-bond acceptors (Lipinski definition) is 6. The number of methoxy groups -OCH3 is 1. The van der Waals surface area contributed by atoms with Crippen LogP contribution in [-0.2, 0) is 9.47 Å². The van der Waals surface area contributed by atoms with Crippen LogP contribution in [0.3, 0.4) is 0 Å². The molecule has 1 amide bonds. The summed E-state index contributed by atoms with van der Waals surface area (Å²) in [5, 5.41) is 3.44. The summed E-state index contributed by atoms with van der Waals surface area (Å²) in [6, 6.07) is 0.252. The van der Waals surface area contributed by atoms with Crippen LogP contribution < -0.4 is 11.1 Å². The Hall–Kier alpha value is -1.60. The van der Waals surface area contributed by atoms with Crippen molar-refractivity contribution in [3.63, 3.8) is 0 Å². The first-order chi connectivity index (χ1) is 10.7. The molecule has 7 nitrogen and oxygen atoms in total. The number of nitrogens with one attached hydrogen (secondary N) is 1. The fourth-order valence-electron chi connectivity index (χ4n) is 2.67. The van der Waals surface area contributed by atoms with E-state index in [0.29, 0.717) is 25.5 Å². The van der Waals surface area contributed by atoms with Crippen molar-refractivity contribution in [3.05, 3.63) is 12.2 Å². The van der Waals surface area contributed by atoms with Crippen LogP contribution in [0.15, 0.2) is 17.1 Å². The highest BCUT2D eigenvalue weighted by atomic mass is 16.6. The molecule has 7 heteroatoms. The number of hydrogen-bond donors (Lipinski definition) is 2. The highest BCUT2D eigenvalue weighted by Gasteiger charge is 2.31. The molecule has 1 fully saturated rings. The molecule has 0 aromatic carbocycles. The van der Waals surface area contributed by atoms with Gasteiger partial charge < -0.3 is 20.1 Å². The Kier molecular flexibility index (Phi) is 5.31. The number of nitrogens with two attached hydrogens (primary N) is 1. The number of nitrogens with zero attached hydrogens (tertiary/aromatic N) is 2. The fourth-order valence-corrected chi connectivity index (χ4v) is 2.67. The van der Waals surface area contributed by atoms with Gasteiger partial charge >= 0.3 is 6.09 Å². The fraction of sp³-hybridized carbons (Fsp3) is 0.750. The minimum atomic E-state index is -0.652. The molecule has 0 aromatic rings. The van der Waals surface area contributed by atoms with E-state index in [1.165, 1.54) is 0 Å². The predicted molar refractivity (Wildman–Crippen MR) is 89.3 cm³/mol. The highest BCUT2D eigenvalue weighted by Crippen LogP contribution is 2.18. The van der Waals surface area contributed by atoms with E-state index < -0.39 is 11.3 Å². The lowest BCUT2D eigenvalue weighted by atomic mass is 10.0. The number of likely N-dealkylation sites (tertiary alicyclic amines) is 1. The van der Waals surface area contributed by atoms with E-state index in [-0.39, 0.29) is 12.1 Å². The molecule has 0 aromatic heterocycles. The van der Waals surface area contributed by atoms with E-state index in [0.717, 1.165) is 12.8 Å². The van der Waals surface area contributed by atoms with E-state index >= 15 is 0 Å². The second-order valence-electron chi connectivity index (χ2n) is 7.12. The number of amides is 1. The Bertz CT molecular complexity index is 490. The zero-order chi connectivity index (χ0) is 17.1. The number of rotatable bonds is 2. The molecule has 130 valence electrons. The van der Waals surface area contributed by atoms with Crippen LogP contribution in [-0.4, -0.2) is 60.9 Å². The molecule has 2 rings (SSSR count). The van der Waals surface area contributed by atoms with Gasteiger partial charge in [-0.1, -0.05) is 0 Å². The van der Waals surface area contributed by atoms with Gasteiger partial charge in [-0.2, -0.15) is 0 Å². The third kappa shape index (κ3) is 5.21. The number of piperidine rings is 1. The summed E-state index contributed by atoms with van der Waals surface area (Å²) >= 11 is 0. The van der Waals surface area contributed by atoms with Gasteiger partial charge in [-0.25, -0.2) is 9.79 Å². The van der Waals surface area contributed by atoms with Gasteiger partial charge in [0.2, 0.25) is 5.90 Å². The SMILES string of the molecule is COC1=NCC(N)(NC2CCN(C(=O)OC(C)(C)C)CC2)C=C1. The number of aliphatic imine (C=N–C) groups is 1. The molecule has 0 aliphatic carbocycles. The van der Waals surface area contributed by atoms with Crippen LogP contribution in [0.25, 0.3) is 0 Å². The monoisotopic (exact) mass is 324 g/mol. The van der Waals surface area contributed by atoms with Crippen LogP contribution in [0.5, 0.6) is 0 Å². The molecule has 23 heavy (non-hydrogen) atoms. The first-order valence-corrected chi connectivity index (χ1v) is 8.03. The van der Waals surface area contributed by atoms with Crippen molar-refractivity contribution in [1.29, 1.82) is 0 Å². The van der Waals surface area contributed by atoms with Crippen molar-refractivity contribution >= 4 is 12.0 Å². The third-order valence-corrected chi connectivity index (χ3v) is 3.85. The maximum atomic E-state index is 12.1. The van der Waals surface area contributed by atoms with Crippen LogP contribution in [0.1, 0.15) is 33.6 Å². The summed E-state index contributed by atoms with van der Waals surface area (Å²) in [7, 11) is 1.59. The molecule has 2 aliphatic rings. The Labute approximate surface area is 137 Å². The van der Waals surface area contributed by atoms with Gasteiger partial charge in [0.15, 0.2) is 0 Å². The number of carbonyl (C=O) groups is 1. The zero-order valence-electron chi connectivity index (χ0n) is 14.5. The van der Waals surface area contributed by atoms with E-state index in [4.69, 9.17) is 15.2 Å². The smallest absolute Gasteiger partial charge is 0.410 e. The molecule has 0 bridgehead atoms. The summed E-state index contributed by atoms with van der Waals surface area (Å²) in [4.78, 5) is 18.1. The summed E-state index contributed by atoms with van der Waals surface area (Å²) in [5.74, 6) is 0.590. The Morgan fingerprint density at radius 3 is 2.57 bits per heavy atom. The van der Waals surface area contributed by atoms with E-state index in [2.05, 4.69) is 10.3 Å². The molecule has 0 spiro atoms. The van der Waals surface area contributed by atoms with Gasteiger partial charge in [0.25, 0.3) is 0 Å². The molecular weight excluding hydrogens is 296 g/mol. The molecule has 2 aliphatic heterocycles. The van der Waals surface area contributed by atoms with Crippen LogP contribution in [0.2, 0.25) is 0 Å². The highest BCUT2D eigenvalue weighted by molar-refractivity contribution is 5.88. The quantitative estimate of drug-likeness (QED) is 0.746. The Balaban J connectivity index is 1.80. The average molecular weight is 324 g/mol. The maximum Gasteiger partial charge on any atom is 0.410 e. The molecule has 1 saturated heterocycles. The van der Waals surface area contributed by atoms with Gasteiger partial charge in [0.1, 0.15) is 11.3 Å². The number of ether oxygens (including phenoxy) is 2. The van der Waals surface area contributed by atoms with Crippen molar-refractivity contribution in [3.8, 4) is 0 Å². The lowest BCUT2D eigenvalue weighted by molar-refractivity contribution is 0.0193. The standard InChI is InChI=1S/C16H28N4O3/c1-15(2,3)23-14(21)20-9-6-12(7-10-20)19-16(17)8-5-13(22-4)18-11-16/h5,8,12,19H,6-7,9-11,17H2,1-4H3. The molecule has 1 unspecified atom stereocenters. The summed E-state index contributed by atoms with van der Waals surface area (Å²) in [5.41, 5.74) is 5.21. The van der Waals surface area contributed by atoms with Crippen molar-refractivity contribution < 1.29 is 14.3 Å². The first-order valence-electron chi connectivity index (χ1n) is 8.03. The van der Waals surface area contributed by atoms with E-state index in [9.17, 15) is 4.79 Å². The van der Waals surface area contributed by atoms with Gasteiger partial charge in [0, 0.05) is 19.1 Å². The Morgan fingerprint density at radius 2 is 2.09 bits per heavy atom. The lowest BCUT2D eigenvalue weighted by Gasteiger charge is -2.38. The molecular formula is C16H28N4O3. The summed E-state index contributed by atoms with van der Waals surface area (Å²) in [6.45, 7) is 7.40. The van der Waals surface area contributed by atoms with Crippen LogP contribution in [0, 0.1) is 0 Å². The molecule has 2 heterocycles. The minimum absolute atomic E-state index is 0.245. The molecule has 0 saturated carbocycles. The molecule has 0 radical (unpaired) electrons. The lowest BCUT2D eigenvalue weighted by Crippen LogP contribution is -2.61. The average Bonchev–Trinajstić information content (AvgIpc) is 2.47. The first kappa shape index (κ1) is 17.7. The van der Waals surface area contributed by atoms with Gasteiger partial charge in [-0.05, 0) is 45.8 Å². The zero-order valence-corrected chi connectivity index (χ0v) is 14.5. The second kappa shape index (κ2) is 6.88. The third-order valence-electron chi connectivity index (χ3n) is 3.85. The van der Waals surface area contributed by atoms with E-state index in [1.54, 1.807) is 18.1 Å². The Morgan fingerprint density at radius 1 is 1.43 bits per heavy atom. The van der Waals surface area contributed by atoms with Crippen molar-refractivity contribution in [2.45, 2.75) is 50.9 Å². The van der Waals surface area contributed by atoms with Gasteiger partial charge in [0.05, 0.1) is 13.7 Å². The van der Waals surface area contributed by atoms with Crippen molar-refractivity contribution in [2.75, 3.05) is 26.7 Å². The van der Waals surface area contributed by atoms with Crippen molar-refractivity contribution in [2.24, 2.45) is 10.7 Å². The molecule has 1 atom stereocenters. The maximum absolute atomic E-state index is 12.1. The second-order valence-corrected chi connectivity index (χ2v) is 7.12. The largest absolute Gasteiger partial charge is 0.481 e. The predicted octanol–water partition coefficient (Wildman–Crippen LogP) is 1.25. The van der Waals surface area contributed by atoms with Crippen LogP contribution >= 0.6 is 0 Å². The summed E-state index contributed by atoms with van der Waals surface area (Å²) < 4.78 is 10.5. The number of dihydropyridines is 1. The molecule has 3 N–H and O–H groups in total. The summed E-state index contributed by atoms with van der Waals surface area (Å²) in [6.07, 6.45) is 5.11. The number of carbonyl (C=O) groups excluding carboxylic acids is 1. The normalized spacial score (nSPS) is 26.0. The topological polar surface area (TPSA) is 89.2 Å². The minimum Gasteiger partial charge on any atom is -0.481 e. The van der Waals surface area contributed by atoms with Gasteiger partial charge in [-0.3, -0.25) is 5.32 Å². The van der Waals surface area contributed by atoms with E-state index in [1.807, 2.05) is 26.8 Å². The van der Waals surface area contributed by atoms with Crippen LogP contribution in [0.4, 0.5) is 4.79 Å².